The molecule has 0 aromatic heterocycles. The van der Waals surface area contributed by atoms with Gasteiger partial charge in [-0.2, -0.15) is 0 Å². The molecule has 0 saturated heterocycles. The van der Waals surface area contributed by atoms with E-state index in [1.165, 1.54) is 18.4 Å². The number of hydrogen-bond donors (Lipinski definition) is 0. The second kappa shape index (κ2) is 4.76. The Bertz CT molecular complexity index is 534. The minimum absolute atomic E-state index is 0.239. The van der Waals surface area contributed by atoms with E-state index in [1.54, 1.807) is 0 Å². The van der Waals surface area contributed by atoms with E-state index in [1.807, 2.05) is 32.9 Å². The van der Waals surface area contributed by atoms with Crippen LogP contribution in [0.3, 0.4) is 0 Å². The molecule has 3 unspecified atom stereocenters. The molecule has 2 aliphatic carbocycles. The van der Waals surface area contributed by atoms with Crippen LogP contribution in [0.25, 0.3) is 0 Å². The zero-order valence-electron chi connectivity index (χ0n) is 12.4. The van der Waals surface area contributed by atoms with Crippen molar-refractivity contribution >= 4 is 5.97 Å². The van der Waals surface area contributed by atoms with E-state index in [-0.39, 0.29) is 5.97 Å². The highest BCUT2D eigenvalue weighted by atomic mass is 16.6. The highest BCUT2D eigenvalue weighted by Gasteiger charge is 2.36. The minimum Gasteiger partial charge on any atom is -0.456 e. The first-order valence-corrected chi connectivity index (χ1v) is 7.44. The molecule has 0 amide bonds. The van der Waals surface area contributed by atoms with Crippen molar-refractivity contribution in [2.24, 2.45) is 11.8 Å². The second-order valence-corrected chi connectivity index (χ2v) is 7.01. The summed E-state index contributed by atoms with van der Waals surface area (Å²) < 4.78 is 5.39. The number of ether oxygens (including phenoxy) is 1. The molecule has 1 saturated carbocycles. The topological polar surface area (TPSA) is 26.3 Å². The van der Waals surface area contributed by atoms with E-state index in [4.69, 9.17) is 4.74 Å². The summed E-state index contributed by atoms with van der Waals surface area (Å²) in [4.78, 5) is 12.0. The molecular formula is C18H22O2. The predicted octanol–water partition coefficient (Wildman–Crippen LogP) is 4.32. The molecule has 0 aliphatic heterocycles. The summed E-state index contributed by atoms with van der Waals surface area (Å²) in [6.45, 7) is 5.67. The first-order valence-electron chi connectivity index (χ1n) is 7.44. The van der Waals surface area contributed by atoms with E-state index in [0.717, 1.165) is 5.92 Å². The van der Waals surface area contributed by atoms with Gasteiger partial charge in [-0.1, -0.05) is 24.3 Å². The van der Waals surface area contributed by atoms with Gasteiger partial charge in [0.15, 0.2) is 0 Å². The zero-order chi connectivity index (χ0) is 14.3. The summed E-state index contributed by atoms with van der Waals surface area (Å²) in [5.74, 6) is 1.87. The number of carbonyl (C=O) groups is 1. The van der Waals surface area contributed by atoms with E-state index >= 15 is 0 Å². The van der Waals surface area contributed by atoms with Gasteiger partial charge in [-0.3, -0.25) is 0 Å². The van der Waals surface area contributed by atoms with Crippen molar-refractivity contribution in [2.75, 3.05) is 0 Å². The van der Waals surface area contributed by atoms with Crippen molar-refractivity contribution < 1.29 is 9.53 Å². The van der Waals surface area contributed by atoms with Crippen LogP contribution in [0.4, 0.5) is 0 Å². The summed E-state index contributed by atoms with van der Waals surface area (Å²) in [5, 5.41) is 0. The maximum atomic E-state index is 12.0. The maximum Gasteiger partial charge on any atom is 0.338 e. The lowest BCUT2D eigenvalue weighted by atomic mass is 9.86. The van der Waals surface area contributed by atoms with Crippen molar-refractivity contribution in [3.05, 3.63) is 47.5 Å². The fourth-order valence-electron chi connectivity index (χ4n) is 3.37. The lowest BCUT2D eigenvalue weighted by molar-refractivity contribution is 0.00695. The van der Waals surface area contributed by atoms with Crippen molar-refractivity contribution in [1.82, 2.24) is 0 Å². The van der Waals surface area contributed by atoms with Crippen LogP contribution in [0.2, 0.25) is 0 Å². The summed E-state index contributed by atoms with van der Waals surface area (Å²) >= 11 is 0. The van der Waals surface area contributed by atoms with Crippen LogP contribution in [0, 0.1) is 11.8 Å². The zero-order valence-corrected chi connectivity index (χ0v) is 12.4. The van der Waals surface area contributed by atoms with Gasteiger partial charge in [-0.25, -0.2) is 4.79 Å². The molecule has 2 heteroatoms. The van der Waals surface area contributed by atoms with Gasteiger partial charge < -0.3 is 4.74 Å². The Morgan fingerprint density at radius 2 is 1.80 bits per heavy atom. The molecule has 2 nitrogen and oxygen atoms in total. The molecule has 0 spiro atoms. The van der Waals surface area contributed by atoms with Gasteiger partial charge in [0, 0.05) is 0 Å². The number of esters is 1. The van der Waals surface area contributed by atoms with Crippen LogP contribution in [0.15, 0.2) is 36.4 Å². The summed E-state index contributed by atoms with van der Waals surface area (Å²) in [6.07, 6.45) is 7.28. The Kier molecular flexibility index (Phi) is 3.19. The molecule has 0 heterocycles. The van der Waals surface area contributed by atoms with Crippen molar-refractivity contribution in [3.8, 4) is 0 Å². The van der Waals surface area contributed by atoms with E-state index in [2.05, 4.69) is 24.3 Å². The smallest absolute Gasteiger partial charge is 0.338 e. The number of carbonyl (C=O) groups excluding carboxylic acids is 1. The van der Waals surface area contributed by atoms with Crippen LogP contribution in [-0.4, -0.2) is 11.6 Å². The number of fused-ring (bicyclic) bond motifs is 2. The number of benzene rings is 1. The molecule has 3 atom stereocenters. The maximum absolute atomic E-state index is 12.0. The quantitative estimate of drug-likeness (QED) is 0.591. The molecule has 3 rings (SSSR count). The van der Waals surface area contributed by atoms with Gasteiger partial charge >= 0.3 is 5.97 Å². The first kappa shape index (κ1) is 13.4. The van der Waals surface area contributed by atoms with Gasteiger partial charge in [0.2, 0.25) is 0 Å². The summed E-state index contributed by atoms with van der Waals surface area (Å²) in [7, 11) is 0. The van der Waals surface area contributed by atoms with Crippen molar-refractivity contribution in [1.29, 1.82) is 0 Å². The normalized spacial score (nSPS) is 27.9. The summed E-state index contributed by atoms with van der Waals surface area (Å²) in [6, 6.07) is 8.00. The molecule has 2 aliphatic rings. The molecule has 1 fully saturated rings. The second-order valence-electron chi connectivity index (χ2n) is 7.01. The number of rotatable bonds is 2. The number of allylic oxidation sites excluding steroid dienone is 2. The minimum atomic E-state index is -0.439. The van der Waals surface area contributed by atoms with Crippen LogP contribution in [-0.2, 0) is 4.74 Å². The molecule has 20 heavy (non-hydrogen) atoms. The Balaban J connectivity index is 1.72. The van der Waals surface area contributed by atoms with Gasteiger partial charge in [0.1, 0.15) is 5.60 Å². The Morgan fingerprint density at radius 3 is 2.30 bits per heavy atom. The first-order chi connectivity index (χ1) is 9.42. The van der Waals surface area contributed by atoms with Gasteiger partial charge in [0.05, 0.1) is 5.56 Å². The Hall–Kier alpha value is -1.57. The average molecular weight is 270 g/mol. The lowest BCUT2D eigenvalue weighted by Crippen LogP contribution is -2.23. The average Bonchev–Trinajstić information content (AvgIpc) is 2.99. The van der Waals surface area contributed by atoms with Crippen molar-refractivity contribution in [3.63, 3.8) is 0 Å². The molecule has 0 radical (unpaired) electrons. The fourth-order valence-corrected chi connectivity index (χ4v) is 3.37. The van der Waals surface area contributed by atoms with Crippen LogP contribution in [0.1, 0.15) is 55.5 Å². The van der Waals surface area contributed by atoms with Crippen LogP contribution >= 0.6 is 0 Å². The van der Waals surface area contributed by atoms with E-state index in [0.29, 0.717) is 17.4 Å². The molecule has 0 N–H and O–H groups in total. The predicted molar refractivity (Wildman–Crippen MR) is 79.7 cm³/mol. The fraction of sp³-hybridized carbons (Fsp3) is 0.500. The Labute approximate surface area is 120 Å². The highest BCUT2D eigenvalue weighted by molar-refractivity contribution is 5.89. The van der Waals surface area contributed by atoms with Crippen LogP contribution < -0.4 is 0 Å². The highest BCUT2D eigenvalue weighted by Crippen LogP contribution is 2.48. The van der Waals surface area contributed by atoms with Crippen molar-refractivity contribution in [2.45, 2.75) is 45.1 Å². The molecule has 1 aromatic carbocycles. The van der Waals surface area contributed by atoms with Crippen LogP contribution in [0.5, 0.6) is 0 Å². The third kappa shape index (κ3) is 2.65. The molecule has 2 bridgehead atoms. The largest absolute Gasteiger partial charge is 0.456 e. The number of hydrogen-bond acceptors (Lipinski definition) is 2. The Morgan fingerprint density at radius 1 is 1.10 bits per heavy atom. The van der Waals surface area contributed by atoms with E-state index in [9.17, 15) is 4.79 Å². The third-order valence-electron chi connectivity index (χ3n) is 4.25. The standard InChI is InChI=1S/C18H22O2/c1-18(2,3)20-17(19)14-8-6-13(7-9-14)16-11-12-4-5-15(16)10-12/h4-9,12,15-16H,10-11H2,1-3H3. The SMILES string of the molecule is CC(C)(C)OC(=O)c1ccc(C2CC3C=CC2C3)cc1. The third-order valence-corrected chi connectivity index (χ3v) is 4.25. The van der Waals surface area contributed by atoms with E-state index < -0.39 is 5.60 Å². The van der Waals surface area contributed by atoms with Gasteiger partial charge in [-0.15, -0.1) is 0 Å². The van der Waals surface area contributed by atoms with Gasteiger partial charge in [-0.05, 0) is 69.1 Å². The lowest BCUT2D eigenvalue weighted by Gasteiger charge is -2.21. The van der Waals surface area contributed by atoms with Gasteiger partial charge in [0.25, 0.3) is 0 Å². The molecule has 106 valence electrons. The molecule has 1 aromatic rings. The summed E-state index contributed by atoms with van der Waals surface area (Å²) in [5.41, 5.74) is 1.56. The monoisotopic (exact) mass is 270 g/mol. The molecular weight excluding hydrogens is 248 g/mol.